The van der Waals surface area contributed by atoms with E-state index in [2.05, 4.69) is 5.32 Å². The number of carbonyl (C=O) groups is 1. The molecule has 4 heteroatoms. The molecule has 4 nitrogen and oxygen atoms in total. The summed E-state index contributed by atoms with van der Waals surface area (Å²) in [6.07, 6.45) is -0.474. The van der Waals surface area contributed by atoms with Crippen molar-refractivity contribution in [3.63, 3.8) is 0 Å². The molecule has 0 heterocycles. The molecule has 2 atom stereocenters. The van der Waals surface area contributed by atoms with E-state index in [1.165, 1.54) is 0 Å². The monoisotopic (exact) mass is 221 g/mol. The molecule has 1 aromatic rings. The number of alkyl carbamates (subject to hydrolysis) is 1. The third-order valence-electron chi connectivity index (χ3n) is 2.75. The summed E-state index contributed by atoms with van der Waals surface area (Å²) in [7, 11) is 0. The van der Waals surface area contributed by atoms with Crippen LogP contribution in [0.1, 0.15) is 24.1 Å². The zero-order valence-corrected chi connectivity index (χ0v) is 9.14. The number of hydrogen-bond acceptors (Lipinski definition) is 3. The van der Waals surface area contributed by atoms with Crippen molar-refractivity contribution in [3.8, 4) is 0 Å². The number of aliphatic hydroxyl groups excluding tert-OH is 1. The van der Waals surface area contributed by atoms with Crippen LogP contribution < -0.4 is 5.32 Å². The predicted octanol–water partition coefficient (Wildman–Crippen LogP) is 1.39. The number of fused-ring (bicyclic) bond motifs is 1. The fourth-order valence-corrected chi connectivity index (χ4v) is 2.05. The highest BCUT2D eigenvalue weighted by Gasteiger charge is 2.32. The van der Waals surface area contributed by atoms with E-state index in [1.54, 1.807) is 6.92 Å². The second-order valence-electron chi connectivity index (χ2n) is 3.81. The van der Waals surface area contributed by atoms with Crippen molar-refractivity contribution in [2.45, 2.75) is 25.5 Å². The molecule has 2 N–H and O–H groups in total. The largest absolute Gasteiger partial charge is 0.450 e. The Balaban J connectivity index is 2.13. The number of hydrogen-bond donors (Lipinski definition) is 2. The molecule has 0 bridgehead atoms. The molecule has 0 radical (unpaired) electrons. The SMILES string of the molecule is CCOC(=O)N[C@H]1c2ccccc2C[C@H]1O. The van der Waals surface area contributed by atoms with E-state index in [1.807, 2.05) is 24.3 Å². The Morgan fingerprint density at radius 2 is 2.31 bits per heavy atom. The molecule has 0 saturated carbocycles. The molecule has 0 saturated heterocycles. The summed E-state index contributed by atoms with van der Waals surface area (Å²) in [6, 6.07) is 7.36. The molecule has 0 unspecified atom stereocenters. The van der Waals surface area contributed by atoms with Crippen LogP contribution in [0.5, 0.6) is 0 Å². The second kappa shape index (κ2) is 4.53. The molecule has 0 aromatic heterocycles. The Bertz CT molecular complexity index is 392. The molecule has 16 heavy (non-hydrogen) atoms. The van der Waals surface area contributed by atoms with Gasteiger partial charge in [-0.15, -0.1) is 0 Å². The van der Waals surface area contributed by atoms with E-state index in [-0.39, 0.29) is 6.04 Å². The van der Waals surface area contributed by atoms with E-state index < -0.39 is 12.2 Å². The van der Waals surface area contributed by atoms with Crippen LogP contribution in [0.2, 0.25) is 0 Å². The summed E-state index contributed by atoms with van der Waals surface area (Å²) < 4.78 is 4.81. The van der Waals surface area contributed by atoms with Gasteiger partial charge in [0, 0.05) is 6.42 Å². The van der Waals surface area contributed by atoms with E-state index in [0.29, 0.717) is 13.0 Å². The standard InChI is InChI=1S/C12H15NO3/c1-2-16-12(15)13-11-9-6-4-3-5-8(9)7-10(11)14/h3-6,10-11,14H,2,7H2,1H3,(H,13,15)/t10-,11+/m1/s1. The number of amides is 1. The van der Waals surface area contributed by atoms with Gasteiger partial charge in [0.15, 0.2) is 0 Å². The molecular formula is C12H15NO3. The molecule has 0 fully saturated rings. The molecular weight excluding hydrogens is 206 g/mol. The van der Waals surface area contributed by atoms with Gasteiger partial charge in [0.2, 0.25) is 0 Å². The molecule has 1 aromatic carbocycles. The van der Waals surface area contributed by atoms with Gasteiger partial charge in [-0.05, 0) is 18.1 Å². The molecule has 1 aliphatic rings. The van der Waals surface area contributed by atoms with Crippen LogP contribution in [0.15, 0.2) is 24.3 Å². The summed E-state index contributed by atoms with van der Waals surface area (Å²) in [4.78, 5) is 11.3. The highest BCUT2D eigenvalue weighted by Crippen LogP contribution is 2.31. The lowest BCUT2D eigenvalue weighted by Crippen LogP contribution is -2.34. The zero-order chi connectivity index (χ0) is 11.5. The van der Waals surface area contributed by atoms with Crippen molar-refractivity contribution in [2.24, 2.45) is 0 Å². The van der Waals surface area contributed by atoms with Gasteiger partial charge in [-0.25, -0.2) is 4.79 Å². The molecule has 0 spiro atoms. The van der Waals surface area contributed by atoms with E-state index in [0.717, 1.165) is 11.1 Å². The van der Waals surface area contributed by atoms with Crippen LogP contribution in [0.4, 0.5) is 4.79 Å². The lowest BCUT2D eigenvalue weighted by Gasteiger charge is -2.17. The number of benzene rings is 1. The fourth-order valence-electron chi connectivity index (χ4n) is 2.05. The van der Waals surface area contributed by atoms with Gasteiger partial charge in [0.25, 0.3) is 0 Å². The lowest BCUT2D eigenvalue weighted by molar-refractivity contribution is 0.115. The summed E-state index contributed by atoms with van der Waals surface area (Å²) >= 11 is 0. The van der Waals surface area contributed by atoms with Crippen molar-refractivity contribution in [3.05, 3.63) is 35.4 Å². The van der Waals surface area contributed by atoms with Crippen molar-refractivity contribution in [1.29, 1.82) is 0 Å². The van der Waals surface area contributed by atoms with Gasteiger partial charge < -0.3 is 15.2 Å². The molecule has 1 amide bonds. The topological polar surface area (TPSA) is 58.6 Å². The number of ether oxygens (including phenoxy) is 1. The van der Waals surface area contributed by atoms with Crippen molar-refractivity contribution >= 4 is 6.09 Å². The molecule has 86 valence electrons. The molecule has 2 rings (SSSR count). The Kier molecular flexibility index (Phi) is 3.10. The first-order valence-corrected chi connectivity index (χ1v) is 5.41. The summed E-state index contributed by atoms with van der Waals surface area (Å²) in [6.45, 7) is 2.08. The maximum atomic E-state index is 11.3. The highest BCUT2D eigenvalue weighted by molar-refractivity contribution is 5.68. The number of carbonyl (C=O) groups excluding carboxylic acids is 1. The first-order chi connectivity index (χ1) is 7.72. The maximum absolute atomic E-state index is 11.3. The minimum atomic E-state index is -0.568. The van der Waals surface area contributed by atoms with E-state index >= 15 is 0 Å². The quantitative estimate of drug-likeness (QED) is 0.793. The van der Waals surface area contributed by atoms with Gasteiger partial charge in [-0.2, -0.15) is 0 Å². The van der Waals surface area contributed by atoms with Crippen LogP contribution in [0.3, 0.4) is 0 Å². The van der Waals surface area contributed by atoms with Gasteiger partial charge in [-0.1, -0.05) is 24.3 Å². The van der Waals surface area contributed by atoms with Crippen LogP contribution in [0, 0.1) is 0 Å². The second-order valence-corrected chi connectivity index (χ2v) is 3.81. The Hall–Kier alpha value is -1.55. The van der Waals surface area contributed by atoms with Crippen LogP contribution in [-0.4, -0.2) is 23.9 Å². The normalized spacial score (nSPS) is 22.6. The van der Waals surface area contributed by atoms with Crippen molar-refractivity contribution in [2.75, 3.05) is 6.61 Å². The highest BCUT2D eigenvalue weighted by atomic mass is 16.5. The van der Waals surface area contributed by atoms with Crippen molar-refractivity contribution < 1.29 is 14.6 Å². The van der Waals surface area contributed by atoms with Crippen LogP contribution in [-0.2, 0) is 11.2 Å². The summed E-state index contributed by atoms with van der Waals surface area (Å²) in [5, 5.41) is 12.5. The van der Waals surface area contributed by atoms with Gasteiger partial charge >= 0.3 is 6.09 Å². The number of aliphatic hydroxyl groups is 1. The minimum absolute atomic E-state index is 0.330. The number of nitrogens with one attached hydrogen (secondary N) is 1. The van der Waals surface area contributed by atoms with Gasteiger partial charge in [0.1, 0.15) is 0 Å². The summed E-state index contributed by atoms with van der Waals surface area (Å²) in [5.41, 5.74) is 2.06. The molecule has 1 aliphatic carbocycles. The minimum Gasteiger partial charge on any atom is -0.450 e. The Morgan fingerprint density at radius 3 is 3.06 bits per heavy atom. The lowest BCUT2D eigenvalue weighted by atomic mass is 10.1. The summed E-state index contributed by atoms with van der Waals surface area (Å²) in [5.74, 6) is 0. The van der Waals surface area contributed by atoms with Crippen LogP contribution >= 0.6 is 0 Å². The maximum Gasteiger partial charge on any atom is 0.407 e. The number of rotatable bonds is 2. The first kappa shape index (κ1) is 11.0. The smallest absolute Gasteiger partial charge is 0.407 e. The van der Waals surface area contributed by atoms with E-state index in [4.69, 9.17) is 4.74 Å². The fraction of sp³-hybridized carbons (Fsp3) is 0.417. The van der Waals surface area contributed by atoms with Crippen LogP contribution in [0.25, 0.3) is 0 Å². The predicted molar refractivity (Wildman–Crippen MR) is 59.1 cm³/mol. The first-order valence-electron chi connectivity index (χ1n) is 5.41. The Morgan fingerprint density at radius 1 is 1.56 bits per heavy atom. The van der Waals surface area contributed by atoms with Gasteiger partial charge in [-0.3, -0.25) is 0 Å². The third kappa shape index (κ3) is 2.02. The average Bonchev–Trinajstić information content (AvgIpc) is 2.56. The Labute approximate surface area is 94.2 Å². The van der Waals surface area contributed by atoms with Gasteiger partial charge in [0.05, 0.1) is 18.8 Å². The van der Waals surface area contributed by atoms with Crippen molar-refractivity contribution in [1.82, 2.24) is 5.32 Å². The average molecular weight is 221 g/mol. The third-order valence-corrected chi connectivity index (χ3v) is 2.75. The van der Waals surface area contributed by atoms with E-state index in [9.17, 15) is 9.90 Å². The molecule has 0 aliphatic heterocycles. The zero-order valence-electron chi connectivity index (χ0n) is 9.14.